The van der Waals surface area contributed by atoms with E-state index < -0.39 is 5.97 Å². The molecular weight excluding hydrogens is 284 g/mol. The van der Waals surface area contributed by atoms with Gasteiger partial charge in [0.15, 0.2) is 0 Å². The summed E-state index contributed by atoms with van der Waals surface area (Å²) >= 11 is 0. The Kier molecular flexibility index (Phi) is 5.14. The number of esters is 2. The Morgan fingerprint density at radius 3 is 2.50 bits per heavy atom. The third-order valence-corrected chi connectivity index (χ3v) is 2.89. The molecule has 0 amide bonds. The van der Waals surface area contributed by atoms with Gasteiger partial charge in [-0.2, -0.15) is 0 Å². The molecule has 0 N–H and O–H groups in total. The van der Waals surface area contributed by atoms with E-state index in [1.165, 1.54) is 13.2 Å². The van der Waals surface area contributed by atoms with Crippen molar-refractivity contribution >= 4 is 18.0 Å². The van der Waals surface area contributed by atoms with Crippen LogP contribution < -0.4 is 0 Å². The molecule has 0 bridgehead atoms. The first-order valence-electron chi connectivity index (χ1n) is 6.77. The molecule has 0 spiro atoms. The predicted octanol–water partition coefficient (Wildman–Crippen LogP) is 3.31. The summed E-state index contributed by atoms with van der Waals surface area (Å²) in [6, 6.07) is 10.4. The van der Waals surface area contributed by atoms with Crippen LogP contribution in [0.3, 0.4) is 0 Å². The molecule has 5 heteroatoms. The first-order chi connectivity index (χ1) is 10.6. The molecule has 5 nitrogen and oxygen atoms in total. The summed E-state index contributed by atoms with van der Waals surface area (Å²) in [5.74, 6) is 0.381. The molecule has 0 saturated heterocycles. The molecule has 22 heavy (non-hydrogen) atoms. The van der Waals surface area contributed by atoms with Crippen molar-refractivity contribution in [2.24, 2.45) is 0 Å². The molecule has 0 aliphatic carbocycles. The van der Waals surface area contributed by atoms with Crippen molar-refractivity contribution in [3.05, 3.63) is 53.8 Å². The number of rotatable bonds is 5. The van der Waals surface area contributed by atoms with Gasteiger partial charge in [-0.3, -0.25) is 0 Å². The molecule has 0 radical (unpaired) electrons. The number of hydrogen-bond acceptors (Lipinski definition) is 5. The molecule has 1 heterocycles. The average molecular weight is 300 g/mol. The lowest BCUT2D eigenvalue weighted by molar-refractivity contribution is -0.137. The van der Waals surface area contributed by atoms with E-state index in [9.17, 15) is 9.59 Å². The highest BCUT2D eigenvalue weighted by atomic mass is 16.5. The van der Waals surface area contributed by atoms with E-state index in [2.05, 4.69) is 4.74 Å². The van der Waals surface area contributed by atoms with Gasteiger partial charge in [-0.15, -0.1) is 0 Å². The molecule has 0 saturated carbocycles. The molecule has 2 rings (SSSR count). The van der Waals surface area contributed by atoms with Gasteiger partial charge >= 0.3 is 11.9 Å². The number of carbonyl (C=O) groups excluding carboxylic acids is 2. The van der Waals surface area contributed by atoms with Crippen molar-refractivity contribution in [1.29, 1.82) is 0 Å². The van der Waals surface area contributed by atoms with E-state index in [0.29, 0.717) is 23.7 Å². The fourth-order valence-electron chi connectivity index (χ4n) is 1.83. The minimum atomic E-state index is -0.414. The Labute approximate surface area is 128 Å². The summed E-state index contributed by atoms with van der Waals surface area (Å²) in [5.41, 5.74) is 1.30. The van der Waals surface area contributed by atoms with Gasteiger partial charge in [0.2, 0.25) is 0 Å². The summed E-state index contributed by atoms with van der Waals surface area (Å²) < 4.78 is 15.0. The quantitative estimate of drug-likeness (QED) is 0.626. The second-order valence-corrected chi connectivity index (χ2v) is 4.36. The topological polar surface area (TPSA) is 65.7 Å². The van der Waals surface area contributed by atoms with Crippen molar-refractivity contribution < 1.29 is 23.5 Å². The van der Waals surface area contributed by atoms with Crippen LogP contribution in [-0.4, -0.2) is 25.7 Å². The Morgan fingerprint density at radius 1 is 1.14 bits per heavy atom. The molecule has 0 unspecified atom stereocenters. The summed E-state index contributed by atoms with van der Waals surface area (Å²) in [7, 11) is 1.34. The second-order valence-electron chi connectivity index (χ2n) is 4.36. The fraction of sp³-hybridized carbons (Fsp3) is 0.176. The van der Waals surface area contributed by atoms with Crippen LogP contribution in [0.25, 0.3) is 17.4 Å². The zero-order chi connectivity index (χ0) is 15.9. The monoisotopic (exact) mass is 300 g/mol. The molecule has 0 fully saturated rings. The van der Waals surface area contributed by atoms with E-state index in [0.717, 1.165) is 5.56 Å². The zero-order valence-electron chi connectivity index (χ0n) is 12.4. The van der Waals surface area contributed by atoms with Gasteiger partial charge in [-0.05, 0) is 37.3 Å². The highest BCUT2D eigenvalue weighted by Crippen LogP contribution is 2.23. The van der Waals surface area contributed by atoms with E-state index in [1.807, 2.05) is 0 Å². The SMILES string of the molecule is CCOC(=O)/C=C/c1ccc(-c2ccc(C(=O)OC)cc2)o1. The lowest BCUT2D eigenvalue weighted by atomic mass is 10.1. The molecule has 0 atom stereocenters. The van der Waals surface area contributed by atoms with Crippen molar-refractivity contribution in [2.45, 2.75) is 6.92 Å². The average Bonchev–Trinajstić information content (AvgIpc) is 3.01. The van der Waals surface area contributed by atoms with Gasteiger partial charge in [0.25, 0.3) is 0 Å². The number of carbonyl (C=O) groups is 2. The lowest BCUT2D eigenvalue weighted by Crippen LogP contribution is -2.00. The van der Waals surface area contributed by atoms with E-state index >= 15 is 0 Å². The largest absolute Gasteiger partial charge is 0.465 e. The van der Waals surface area contributed by atoms with Gasteiger partial charge in [0.05, 0.1) is 19.3 Å². The molecular formula is C17H16O5. The summed E-state index contributed by atoms with van der Waals surface area (Å²) in [5, 5.41) is 0. The standard InChI is InChI=1S/C17H16O5/c1-3-21-16(18)11-9-14-8-10-15(22-14)12-4-6-13(7-5-12)17(19)20-2/h4-11H,3H2,1-2H3/b11-9+. The normalized spacial score (nSPS) is 10.6. The van der Waals surface area contributed by atoms with E-state index in [4.69, 9.17) is 9.15 Å². The summed E-state index contributed by atoms with van der Waals surface area (Å²) in [4.78, 5) is 22.6. The molecule has 114 valence electrons. The first kappa shape index (κ1) is 15.6. The first-order valence-corrected chi connectivity index (χ1v) is 6.77. The van der Waals surface area contributed by atoms with Gasteiger partial charge in [0, 0.05) is 11.6 Å². The highest BCUT2D eigenvalue weighted by Gasteiger charge is 2.07. The Bertz CT molecular complexity index is 679. The van der Waals surface area contributed by atoms with Crippen LogP contribution in [0.1, 0.15) is 23.0 Å². The maximum absolute atomic E-state index is 11.4. The lowest BCUT2D eigenvalue weighted by Gasteiger charge is -2.00. The van der Waals surface area contributed by atoms with Crippen LogP contribution in [0, 0.1) is 0 Å². The van der Waals surface area contributed by atoms with Crippen molar-refractivity contribution in [2.75, 3.05) is 13.7 Å². The fourth-order valence-corrected chi connectivity index (χ4v) is 1.83. The van der Waals surface area contributed by atoms with E-state index in [-0.39, 0.29) is 5.97 Å². The van der Waals surface area contributed by atoms with Crippen LogP contribution in [0.5, 0.6) is 0 Å². The van der Waals surface area contributed by atoms with Crippen LogP contribution in [-0.2, 0) is 14.3 Å². The van der Waals surface area contributed by atoms with Crippen LogP contribution in [0.2, 0.25) is 0 Å². The Balaban J connectivity index is 2.11. The zero-order valence-corrected chi connectivity index (χ0v) is 12.4. The third kappa shape index (κ3) is 3.85. The van der Waals surface area contributed by atoms with Crippen LogP contribution in [0.4, 0.5) is 0 Å². The van der Waals surface area contributed by atoms with Crippen molar-refractivity contribution in [3.8, 4) is 11.3 Å². The van der Waals surface area contributed by atoms with Gasteiger partial charge in [-0.1, -0.05) is 12.1 Å². The Hall–Kier alpha value is -2.82. The van der Waals surface area contributed by atoms with Crippen molar-refractivity contribution in [1.82, 2.24) is 0 Å². The van der Waals surface area contributed by atoms with Crippen LogP contribution in [0.15, 0.2) is 46.9 Å². The van der Waals surface area contributed by atoms with Gasteiger partial charge in [-0.25, -0.2) is 9.59 Å². The Morgan fingerprint density at radius 2 is 1.86 bits per heavy atom. The molecule has 0 aliphatic heterocycles. The van der Waals surface area contributed by atoms with Crippen molar-refractivity contribution in [3.63, 3.8) is 0 Å². The smallest absolute Gasteiger partial charge is 0.337 e. The minimum absolute atomic E-state index is 0.332. The molecule has 1 aromatic carbocycles. The van der Waals surface area contributed by atoms with Gasteiger partial charge < -0.3 is 13.9 Å². The molecule has 2 aromatic rings. The predicted molar refractivity (Wildman–Crippen MR) is 81.2 cm³/mol. The van der Waals surface area contributed by atoms with Gasteiger partial charge in [0.1, 0.15) is 11.5 Å². The third-order valence-electron chi connectivity index (χ3n) is 2.89. The molecule has 0 aliphatic rings. The maximum Gasteiger partial charge on any atom is 0.337 e. The number of benzene rings is 1. The number of furan rings is 1. The highest BCUT2D eigenvalue weighted by molar-refractivity contribution is 5.90. The second kappa shape index (κ2) is 7.26. The summed E-state index contributed by atoms with van der Waals surface area (Å²) in [6.07, 6.45) is 2.86. The number of methoxy groups -OCH3 is 1. The number of ether oxygens (including phenoxy) is 2. The maximum atomic E-state index is 11.4. The number of hydrogen-bond donors (Lipinski definition) is 0. The van der Waals surface area contributed by atoms with Crippen LogP contribution >= 0.6 is 0 Å². The van der Waals surface area contributed by atoms with E-state index in [1.54, 1.807) is 49.4 Å². The minimum Gasteiger partial charge on any atom is -0.465 e. The summed E-state index contributed by atoms with van der Waals surface area (Å²) in [6.45, 7) is 2.08. The molecule has 1 aromatic heterocycles.